The molecule has 1 aliphatic heterocycles. The number of nitrogens with zero attached hydrogens (tertiary/aromatic N) is 6. The van der Waals surface area contributed by atoms with Crippen molar-refractivity contribution >= 4 is 17.0 Å². The summed E-state index contributed by atoms with van der Waals surface area (Å²) in [5.41, 5.74) is 0.848. The van der Waals surface area contributed by atoms with Crippen LogP contribution in [0, 0.1) is 31.3 Å². The molecular formula is C24H21F3N6O2. The van der Waals surface area contributed by atoms with Crippen LogP contribution < -0.4 is 10.5 Å². The molecule has 0 amide bonds. The molecule has 1 fully saturated rings. The van der Waals surface area contributed by atoms with Crippen LogP contribution in [0.25, 0.3) is 22.3 Å². The largest absolute Gasteiger partial charge is 0.370 e. The number of hydrogen-bond acceptors (Lipinski definition) is 7. The van der Waals surface area contributed by atoms with Crippen molar-refractivity contribution in [2.45, 2.75) is 20.0 Å². The lowest BCUT2D eigenvalue weighted by molar-refractivity contribution is 0.0391. The van der Waals surface area contributed by atoms with E-state index in [9.17, 15) is 18.0 Å². The first kappa shape index (κ1) is 22.9. The Morgan fingerprint density at radius 3 is 2.54 bits per heavy atom. The van der Waals surface area contributed by atoms with Gasteiger partial charge >= 0.3 is 0 Å². The van der Waals surface area contributed by atoms with Crippen LogP contribution in [-0.2, 0) is 11.8 Å². The highest BCUT2D eigenvalue weighted by molar-refractivity contribution is 5.89. The Labute approximate surface area is 198 Å². The number of aromatic nitrogens is 5. The minimum absolute atomic E-state index is 0.00817. The van der Waals surface area contributed by atoms with Gasteiger partial charge in [0.15, 0.2) is 17.2 Å². The summed E-state index contributed by atoms with van der Waals surface area (Å²) in [5, 5.41) is 0. The van der Waals surface area contributed by atoms with E-state index < -0.39 is 23.0 Å². The summed E-state index contributed by atoms with van der Waals surface area (Å²) in [7, 11) is 1.54. The number of morpholine rings is 1. The first-order valence-corrected chi connectivity index (χ1v) is 10.9. The van der Waals surface area contributed by atoms with Gasteiger partial charge in [0.2, 0.25) is 5.95 Å². The predicted octanol–water partition coefficient (Wildman–Crippen LogP) is 3.40. The second kappa shape index (κ2) is 8.73. The second-order valence-corrected chi connectivity index (χ2v) is 8.37. The fourth-order valence-electron chi connectivity index (χ4n) is 4.07. The lowest BCUT2D eigenvalue weighted by Crippen LogP contribution is -2.39. The van der Waals surface area contributed by atoms with Gasteiger partial charge in [0.05, 0.1) is 13.2 Å². The molecule has 0 saturated carbocycles. The second-order valence-electron chi connectivity index (χ2n) is 8.37. The van der Waals surface area contributed by atoms with E-state index in [1.165, 1.54) is 4.57 Å². The number of ether oxygens (including phenoxy) is 1. The van der Waals surface area contributed by atoms with Gasteiger partial charge in [-0.3, -0.25) is 14.3 Å². The monoisotopic (exact) mass is 482 g/mol. The van der Waals surface area contributed by atoms with Crippen molar-refractivity contribution in [2.24, 2.45) is 7.05 Å². The van der Waals surface area contributed by atoms with Crippen molar-refractivity contribution in [2.75, 3.05) is 24.6 Å². The number of benzene rings is 1. The molecule has 5 rings (SSSR count). The highest BCUT2D eigenvalue weighted by Gasteiger charge is 2.27. The van der Waals surface area contributed by atoms with Gasteiger partial charge in [0.1, 0.15) is 29.0 Å². The quantitative estimate of drug-likeness (QED) is 0.414. The summed E-state index contributed by atoms with van der Waals surface area (Å²) >= 11 is 0. The van der Waals surface area contributed by atoms with E-state index in [0.717, 1.165) is 11.3 Å². The molecule has 1 atom stereocenters. The fourth-order valence-corrected chi connectivity index (χ4v) is 4.07. The minimum atomic E-state index is -1.33. The van der Waals surface area contributed by atoms with E-state index in [0.29, 0.717) is 37.7 Å². The molecule has 0 unspecified atom stereocenters. The summed E-state index contributed by atoms with van der Waals surface area (Å²) in [6, 6.07) is 4.93. The molecule has 3 aromatic heterocycles. The van der Waals surface area contributed by atoms with Crippen LogP contribution >= 0.6 is 0 Å². The zero-order valence-electron chi connectivity index (χ0n) is 19.2. The predicted molar refractivity (Wildman–Crippen MR) is 123 cm³/mol. The maximum atomic E-state index is 14.8. The standard InChI is InChI=1S/C24H21F3N6O2/c1-12-8-14(4-5-28-12)19-11-33(6-7-35-19)24-30-20(15-9-17(26)18(27)10-16(15)25)21-22(31-24)23(34)32(3)13(2)29-21/h4-5,8-10,19H,6-7,11H2,1-3H3/t19-/m0/s1. The molecule has 1 aromatic carbocycles. The smallest absolute Gasteiger partial charge is 0.279 e. The Morgan fingerprint density at radius 1 is 1.00 bits per heavy atom. The van der Waals surface area contributed by atoms with Crippen LogP contribution in [-0.4, -0.2) is 44.2 Å². The molecule has 0 N–H and O–H groups in total. The summed E-state index contributed by atoms with van der Waals surface area (Å²) in [5.74, 6) is -3.12. The molecule has 0 aliphatic carbocycles. The molecule has 35 heavy (non-hydrogen) atoms. The Hall–Kier alpha value is -3.86. The number of pyridine rings is 1. The zero-order valence-corrected chi connectivity index (χ0v) is 19.2. The number of rotatable bonds is 3. The fraction of sp³-hybridized carbons (Fsp3) is 0.292. The van der Waals surface area contributed by atoms with Gasteiger partial charge in [-0.15, -0.1) is 0 Å². The summed E-state index contributed by atoms with van der Waals surface area (Å²) < 4.78 is 49.8. The highest BCUT2D eigenvalue weighted by atomic mass is 19.2. The van der Waals surface area contributed by atoms with Crippen LogP contribution in [0.3, 0.4) is 0 Å². The average molecular weight is 482 g/mol. The third kappa shape index (κ3) is 4.12. The number of fused-ring (bicyclic) bond motifs is 1. The van der Waals surface area contributed by atoms with Crippen molar-refractivity contribution < 1.29 is 17.9 Å². The molecule has 1 saturated heterocycles. The minimum Gasteiger partial charge on any atom is -0.370 e. The number of halogens is 3. The van der Waals surface area contributed by atoms with E-state index in [4.69, 9.17) is 4.74 Å². The van der Waals surface area contributed by atoms with Gasteiger partial charge in [-0.05, 0) is 37.6 Å². The maximum Gasteiger partial charge on any atom is 0.279 e. The Morgan fingerprint density at radius 2 is 1.77 bits per heavy atom. The number of anilines is 1. The maximum absolute atomic E-state index is 14.8. The van der Waals surface area contributed by atoms with E-state index in [-0.39, 0.29) is 34.3 Å². The number of aryl methyl sites for hydroxylation is 2. The Bertz CT molecular complexity index is 1520. The molecule has 4 heterocycles. The van der Waals surface area contributed by atoms with Gasteiger partial charge in [0, 0.05) is 37.1 Å². The van der Waals surface area contributed by atoms with E-state index in [1.807, 2.05) is 24.0 Å². The van der Waals surface area contributed by atoms with Gasteiger partial charge in [-0.1, -0.05) is 0 Å². The van der Waals surface area contributed by atoms with Crippen molar-refractivity contribution in [1.29, 1.82) is 0 Å². The third-order valence-corrected chi connectivity index (χ3v) is 6.05. The van der Waals surface area contributed by atoms with Crippen molar-refractivity contribution in [3.63, 3.8) is 0 Å². The SMILES string of the molecule is Cc1cc([C@@H]2CN(c3nc(-c4cc(F)c(F)cc4F)c4nc(C)n(C)c(=O)c4n3)CCO2)ccn1. The van der Waals surface area contributed by atoms with E-state index in [1.54, 1.807) is 20.2 Å². The van der Waals surface area contributed by atoms with Crippen LogP contribution in [0.15, 0.2) is 35.3 Å². The van der Waals surface area contributed by atoms with Gasteiger partial charge in [-0.25, -0.2) is 28.1 Å². The molecule has 180 valence electrons. The average Bonchev–Trinajstić information content (AvgIpc) is 2.85. The number of hydrogen-bond donors (Lipinski definition) is 0. The topological polar surface area (TPSA) is 86.0 Å². The molecule has 0 bridgehead atoms. The van der Waals surface area contributed by atoms with Crippen LogP contribution in [0.2, 0.25) is 0 Å². The van der Waals surface area contributed by atoms with Crippen LogP contribution in [0.5, 0.6) is 0 Å². The molecule has 1 aliphatic rings. The lowest BCUT2D eigenvalue weighted by Gasteiger charge is -2.33. The molecular weight excluding hydrogens is 461 g/mol. The summed E-state index contributed by atoms with van der Waals surface area (Å²) in [4.78, 5) is 32.4. The molecule has 8 nitrogen and oxygen atoms in total. The van der Waals surface area contributed by atoms with Crippen molar-refractivity contribution in [3.05, 3.63) is 75.3 Å². The normalized spacial score (nSPS) is 16.2. The Balaban J connectivity index is 1.68. The highest BCUT2D eigenvalue weighted by Crippen LogP contribution is 2.31. The van der Waals surface area contributed by atoms with Crippen molar-refractivity contribution in [3.8, 4) is 11.3 Å². The van der Waals surface area contributed by atoms with Crippen LogP contribution in [0.4, 0.5) is 19.1 Å². The summed E-state index contributed by atoms with van der Waals surface area (Å²) in [6.45, 7) is 4.60. The molecule has 0 spiro atoms. The van der Waals surface area contributed by atoms with Crippen LogP contribution in [0.1, 0.15) is 23.2 Å². The Kier molecular flexibility index (Phi) is 5.72. The molecule has 4 aromatic rings. The third-order valence-electron chi connectivity index (χ3n) is 6.05. The molecule has 0 radical (unpaired) electrons. The lowest BCUT2D eigenvalue weighted by atomic mass is 10.1. The van der Waals surface area contributed by atoms with Gasteiger partial charge in [0.25, 0.3) is 5.56 Å². The van der Waals surface area contributed by atoms with E-state index >= 15 is 0 Å². The summed E-state index contributed by atoms with van der Waals surface area (Å²) in [6.07, 6.45) is 1.38. The van der Waals surface area contributed by atoms with E-state index in [2.05, 4.69) is 19.9 Å². The first-order chi connectivity index (χ1) is 16.7. The zero-order chi connectivity index (χ0) is 24.9. The van der Waals surface area contributed by atoms with Gasteiger partial charge in [-0.2, -0.15) is 0 Å². The first-order valence-electron chi connectivity index (χ1n) is 10.9. The van der Waals surface area contributed by atoms with Crippen molar-refractivity contribution in [1.82, 2.24) is 24.5 Å². The van der Waals surface area contributed by atoms with Gasteiger partial charge < -0.3 is 9.64 Å². The molecule has 11 heteroatoms.